The number of rotatable bonds is 4. The van der Waals surface area contributed by atoms with E-state index in [1.165, 1.54) is 32.1 Å². The Morgan fingerprint density at radius 2 is 1.76 bits per heavy atom. The first-order valence-electron chi connectivity index (χ1n) is 12.2. The van der Waals surface area contributed by atoms with Crippen LogP contribution in [0, 0.1) is 12.8 Å². The van der Waals surface area contributed by atoms with Crippen LogP contribution in [0.25, 0.3) is 10.9 Å². The third-order valence-electron chi connectivity index (χ3n) is 5.31. The first-order valence-corrected chi connectivity index (χ1v) is 12.2. The Kier molecular flexibility index (Phi) is 13.7. The molecule has 0 radical (unpaired) electrons. The Bertz CT molecular complexity index is 915. The lowest BCUT2D eigenvalue weighted by Crippen LogP contribution is -2.12. The second kappa shape index (κ2) is 15.9. The molecule has 0 saturated heterocycles. The van der Waals surface area contributed by atoms with E-state index in [1.807, 2.05) is 64.0 Å². The molecule has 1 saturated carbocycles. The zero-order valence-corrected chi connectivity index (χ0v) is 21.7. The summed E-state index contributed by atoms with van der Waals surface area (Å²) in [6.45, 7) is 9.87. The number of nitrogens with zero attached hydrogens (tertiary/aromatic N) is 4. The highest BCUT2D eigenvalue weighted by molar-refractivity contribution is 5.89. The van der Waals surface area contributed by atoms with Crippen molar-refractivity contribution in [2.24, 2.45) is 5.92 Å². The predicted molar refractivity (Wildman–Crippen MR) is 140 cm³/mol. The van der Waals surface area contributed by atoms with E-state index in [0.29, 0.717) is 6.42 Å². The van der Waals surface area contributed by atoms with E-state index < -0.39 is 0 Å². The Hall–Kier alpha value is -2.76. The Morgan fingerprint density at radius 3 is 2.27 bits per heavy atom. The number of fused-ring (bicyclic) bond motifs is 1. The van der Waals surface area contributed by atoms with Gasteiger partial charge in [0.1, 0.15) is 17.4 Å². The van der Waals surface area contributed by atoms with E-state index in [4.69, 9.17) is 0 Å². The molecule has 0 bridgehead atoms. The third-order valence-corrected chi connectivity index (χ3v) is 5.31. The maximum atomic E-state index is 10.5. The van der Waals surface area contributed by atoms with Crippen molar-refractivity contribution in [3.05, 3.63) is 48.3 Å². The van der Waals surface area contributed by atoms with Gasteiger partial charge in [-0.25, -0.2) is 15.0 Å². The van der Waals surface area contributed by atoms with Crippen molar-refractivity contribution in [1.82, 2.24) is 19.9 Å². The minimum Gasteiger partial charge on any atom is -0.362 e. The molecule has 2 heterocycles. The number of para-hydroxylation sites is 1. The third kappa shape index (κ3) is 11.1. The van der Waals surface area contributed by atoms with Crippen LogP contribution in [0.3, 0.4) is 0 Å². The molecule has 3 aromatic rings. The monoisotopic (exact) mass is 453 g/mol. The van der Waals surface area contributed by atoms with Gasteiger partial charge in [-0.3, -0.25) is 0 Å². The number of aromatic amines is 1. The van der Waals surface area contributed by atoms with E-state index in [1.54, 1.807) is 19.4 Å². The normalized spacial score (nSPS) is 12.9. The highest BCUT2D eigenvalue weighted by atomic mass is 16.1. The molecule has 1 aliphatic carbocycles. The summed E-state index contributed by atoms with van der Waals surface area (Å²) < 4.78 is 0. The van der Waals surface area contributed by atoms with Gasteiger partial charge in [-0.1, -0.05) is 65.0 Å². The van der Waals surface area contributed by atoms with Crippen molar-refractivity contribution in [1.29, 1.82) is 0 Å². The number of H-pyrrole nitrogens is 1. The molecule has 6 heteroatoms. The topological polar surface area (TPSA) is 74.8 Å². The van der Waals surface area contributed by atoms with Crippen molar-refractivity contribution in [3.63, 3.8) is 0 Å². The number of Topliss-reactive ketones (excluding diaryl/α,β-unsaturated/α-hetero) is 1. The molecular weight excluding hydrogens is 410 g/mol. The van der Waals surface area contributed by atoms with Crippen LogP contribution in [0.5, 0.6) is 0 Å². The summed E-state index contributed by atoms with van der Waals surface area (Å²) in [5, 5.41) is 1.10. The van der Waals surface area contributed by atoms with Crippen LogP contribution in [0.1, 0.15) is 77.7 Å². The summed E-state index contributed by atoms with van der Waals surface area (Å²) in [7, 11) is 3.99. The summed E-state index contributed by atoms with van der Waals surface area (Å²) in [6, 6.07) is 8.06. The average molecular weight is 454 g/mol. The molecule has 6 nitrogen and oxygen atoms in total. The van der Waals surface area contributed by atoms with Crippen LogP contribution in [0.15, 0.2) is 36.8 Å². The number of anilines is 1. The Morgan fingerprint density at radius 1 is 1.09 bits per heavy atom. The average Bonchev–Trinajstić information content (AvgIpc) is 3.33. The zero-order valence-electron chi connectivity index (χ0n) is 21.7. The molecule has 1 aromatic carbocycles. The van der Waals surface area contributed by atoms with E-state index in [-0.39, 0.29) is 5.78 Å². The van der Waals surface area contributed by atoms with Crippen molar-refractivity contribution in [3.8, 4) is 0 Å². The maximum Gasteiger partial charge on any atom is 0.139 e. The first kappa shape index (κ1) is 28.3. The summed E-state index contributed by atoms with van der Waals surface area (Å²) >= 11 is 0. The number of carbonyl (C=O) groups excluding carboxylic acids is 1. The summed E-state index contributed by atoms with van der Waals surface area (Å²) in [5.74, 6) is 3.05. The molecule has 1 aliphatic rings. The number of hydrogen-bond acceptors (Lipinski definition) is 5. The molecule has 0 spiro atoms. The lowest BCUT2D eigenvalue weighted by molar-refractivity contribution is -0.116. The lowest BCUT2D eigenvalue weighted by Gasteiger charge is -2.15. The van der Waals surface area contributed by atoms with E-state index in [9.17, 15) is 4.79 Å². The first-order chi connectivity index (χ1) is 15.9. The molecule has 0 atom stereocenters. The number of nitrogens with one attached hydrogen (secondary N) is 1. The van der Waals surface area contributed by atoms with Gasteiger partial charge in [-0.2, -0.15) is 0 Å². The van der Waals surface area contributed by atoms with Crippen LogP contribution < -0.4 is 4.90 Å². The number of imidazole rings is 1. The molecule has 182 valence electrons. The number of carbonyl (C=O) groups is 1. The molecule has 4 rings (SSSR count). The Labute approximate surface area is 200 Å². The minimum absolute atomic E-state index is 0.217. The van der Waals surface area contributed by atoms with Gasteiger partial charge < -0.3 is 14.7 Å². The lowest BCUT2D eigenvalue weighted by atomic mass is 9.91. The van der Waals surface area contributed by atoms with Crippen LogP contribution >= 0.6 is 0 Å². The SMILES string of the molecule is CC.CC(=O)CCc1cnc[nH]1.CC1CCCCC1.Cc1nc(N(C)C)c2ccccc2n1. The molecule has 0 unspecified atom stereocenters. The fraction of sp³-hybridized carbons (Fsp3) is 0.556. The van der Waals surface area contributed by atoms with E-state index >= 15 is 0 Å². The number of aromatic nitrogens is 4. The predicted octanol–water partition coefficient (Wildman–Crippen LogP) is 6.55. The number of benzene rings is 1. The van der Waals surface area contributed by atoms with Crippen LogP contribution in [-0.4, -0.2) is 39.8 Å². The van der Waals surface area contributed by atoms with Gasteiger partial charge in [0, 0.05) is 37.8 Å². The van der Waals surface area contributed by atoms with Gasteiger partial charge >= 0.3 is 0 Å². The standard InChI is InChI=1S/C11H13N3.C7H10N2O.C7H14.C2H6/c1-8-12-10-7-5-4-6-9(10)11(13-8)14(2)3;1-6(10)2-3-7-4-8-5-9-7;1-7-5-3-2-4-6-7;1-2/h4-7H,1-3H3;4-5H,2-3H2,1H3,(H,8,9);7H,2-6H2,1H3;1-2H3. The van der Waals surface area contributed by atoms with Gasteiger partial charge in [0.25, 0.3) is 0 Å². The van der Waals surface area contributed by atoms with Crippen LogP contribution in [0.4, 0.5) is 5.82 Å². The summed E-state index contributed by atoms with van der Waals surface area (Å²) in [5.41, 5.74) is 2.03. The van der Waals surface area contributed by atoms with Crippen molar-refractivity contribution >= 4 is 22.5 Å². The quantitative estimate of drug-likeness (QED) is 0.485. The minimum atomic E-state index is 0.217. The number of aryl methyl sites for hydroxylation is 2. The molecule has 0 amide bonds. The molecule has 1 fully saturated rings. The molecule has 2 aromatic heterocycles. The fourth-order valence-corrected chi connectivity index (χ4v) is 3.55. The Balaban J connectivity index is 0.000000252. The molecular formula is C27H43N5O. The molecule has 1 N–H and O–H groups in total. The fourth-order valence-electron chi connectivity index (χ4n) is 3.55. The second-order valence-electron chi connectivity index (χ2n) is 8.53. The number of hydrogen-bond donors (Lipinski definition) is 1. The maximum absolute atomic E-state index is 10.5. The van der Waals surface area contributed by atoms with Gasteiger partial charge in [-0.05, 0) is 38.3 Å². The summed E-state index contributed by atoms with van der Waals surface area (Å²) in [6.07, 6.45) is 12.2. The van der Waals surface area contributed by atoms with Crippen LogP contribution in [0.2, 0.25) is 0 Å². The van der Waals surface area contributed by atoms with E-state index in [0.717, 1.165) is 40.6 Å². The zero-order chi connectivity index (χ0) is 24.6. The van der Waals surface area contributed by atoms with Gasteiger partial charge in [0.15, 0.2) is 0 Å². The molecule has 33 heavy (non-hydrogen) atoms. The van der Waals surface area contributed by atoms with Crippen molar-refractivity contribution in [2.75, 3.05) is 19.0 Å². The van der Waals surface area contributed by atoms with Gasteiger partial charge in [0.05, 0.1) is 11.8 Å². The van der Waals surface area contributed by atoms with Crippen molar-refractivity contribution in [2.45, 2.75) is 79.6 Å². The highest BCUT2D eigenvalue weighted by Gasteiger charge is 2.06. The smallest absolute Gasteiger partial charge is 0.139 e. The number of ketones is 1. The summed E-state index contributed by atoms with van der Waals surface area (Å²) in [4.78, 5) is 28.1. The van der Waals surface area contributed by atoms with E-state index in [2.05, 4.69) is 26.9 Å². The largest absolute Gasteiger partial charge is 0.362 e. The van der Waals surface area contributed by atoms with Gasteiger partial charge in [0.2, 0.25) is 0 Å². The highest BCUT2D eigenvalue weighted by Crippen LogP contribution is 2.22. The molecule has 0 aliphatic heterocycles. The van der Waals surface area contributed by atoms with Gasteiger partial charge in [-0.15, -0.1) is 0 Å². The van der Waals surface area contributed by atoms with Crippen molar-refractivity contribution < 1.29 is 4.79 Å². The van der Waals surface area contributed by atoms with Crippen LogP contribution in [-0.2, 0) is 11.2 Å². The second-order valence-corrected chi connectivity index (χ2v) is 8.53.